The third kappa shape index (κ3) is 1.91. The fraction of sp³-hybridized carbons (Fsp3) is 0.100. The predicted molar refractivity (Wildman–Crippen MR) is 52.5 cm³/mol. The molecular weight excluding hydrogens is 162 g/mol. The second-order valence-electron chi connectivity index (χ2n) is 2.66. The standard InChI is InChI=1S/C10H9N3/c1-7-5-9(12)10(13)6-8(7)3-2-4-11/h5-6H,12-13H2,1H3. The Balaban J connectivity index is 3.25. The Labute approximate surface area is 77.0 Å². The maximum Gasteiger partial charge on any atom is 0.152 e. The van der Waals surface area contributed by atoms with Crippen LogP contribution in [0.4, 0.5) is 11.4 Å². The summed E-state index contributed by atoms with van der Waals surface area (Å²) >= 11 is 0. The molecule has 4 N–H and O–H groups in total. The first-order valence-electron chi connectivity index (χ1n) is 3.71. The highest BCUT2D eigenvalue weighted by Gasteiger charge is 1.99. The maximum absolute atomic E-state index is 8.26. The fourth-order valence-corrected chi connectivity index (χ4v) is 0.977. The van der Waals surface area contributed by atoms with Gasteiger partial charge in [-0.3, -0.25) is 0 Å². The summed E-state index contributed by atoms with van der Waals surface area (Å²) < 4.78 is 0. The van der Waals surface area contributed by atoms with Crippen LogP contribution in [0.3, 0.4) is 0 Å². The van der Waals surface area contributed by atoms with Crippen LogP contribution in [0.25, 0.3) is 0 Å². The monoisotopic (exact) mass is 171 g/mol. The topological polar surface area (TPSA) is 75.8 Å². The first kappa shape index (κ1) is 8.96. The Morgan fingerprint density at radius 1 is 1.23 bits per heavy atom. The molecule has 0 atom stereocenters. The number of rotatable bonds is 0. The van der Waals surface area contributed by atoms with Gasteiger partial charge >= 0.3 is 0 Å². The molecule has 0 spiro atoms. The lowest BCUT2D eigenvalue weighted by atomic mass is 10.1. The first-order valence-corrected chi connectivity index (χ1v) is 3.71. The summed E-state index contributed by atoms with van der Waals surface area (Å²) in [5, 5.41) is 8.26. The molecule has 0 saturated carbocycles. The number of nitriles is 1. The first-order chi connectivity index (χ1) is 6.15. The van der Waals surface area contributed by atoms with Gasteiger partial charge in [-0.05, 0) is 24.6 Å². The number of nitrogens with zero attached hydrogens (tertiary/aromatic N) is 1. The van der Waals surface area contributed by atoms with E-state index in [1.54, 1.807) is 18.2 Å². The minimum Gasteiger partial charge on any atom is -0.397 e. The normalized spacial score (nSPS) is 8.31. The van der Waals surface area contributed by atoms with Gasteiger partial charge in [0.05, 0.1) is 11.4 Å². The molecule has 64 valence electrons. The van der Waals surface area contributed by atoms with Crippen LogP contribution in [0.5, 0.6) is 0 Å². The maximum atomic E-state index is 8.26. The summed E-state index contributed by atoms with van der Waals surface area (Å²) in [6, 6.07) is 5.17. The molecule has 0 fully saturated rings. The summed E-state index contributed by atoms with van der Waals surface area (Å²) in [5.41, 5.74) is 13.9. The zero-order chi connectivity index (χ0) is 9.84. The molecule has 0 radical (unpaired) electrons. The second-order valence-corrected chi connectivity index (χ2v) is 2.66. The van der Waals surface area contributed by atoms with Crippen molar-refractivity contribution in [2.45, 2.75) is 6.92 Å². The average molecular weight is 171 g/mol. The van der Waals surface area contributed by atoms with E-state index in [0.717, 1.165) is 11.1 Å². The summed E-state index contributed by atoms with van der Waals surface area (Å²) in [6.45, 7) is 1.87. The Kier molecular flexibility index (Phi) is 2.42. The molecule has 13 heavy (non-hydrogen) atoms. The third-order valence-electron chi connectivity index (χ3n) is 1.68. The summed E-state index contributed by atoms with van der Waals surface area (Å²) in [4.78, 5) is 0. The van der Waals surface area contributed by atoms with Gasteiger partial charge in [0, 0.05) is 11.5 Å². The molecule has 1 aromatic carbocycles. The SMILES string of the molecule is Cc1cc(N)c(N)cc1C#CC#N. The number of hydrogen-bond acceptors (Lipinski definition) is 3. The van der Waals surface area contributed by atoms with Crippen molar-refractivity contribution in [1.82, 2.24) is 0 Å². The van der Waals surface area contributed by atoms with Crippen LogP contribution in [0.2, 0.25) is 0 Å². The molecule has 1 aromatic rings. The minimum atomic E-state index is 0.493. The van der Waals surface area contributed by atoms with Gasteiger partial charge in [0.15, 0.2) is 6.07 Å². The highest BCUT2D eigenvalue weighted by atomic mass is 14.7. The third-order valence-corrected chi connectivity index (χ3v) is 1.68. The van der Waals surface area contributed by atoms with Crippen LogP contribution in [0.15, 0.2) is 12.1 Å². The molecule has 3 nitrogen and oxygen atoms in total. The molecule has 0 aliphatic heterocycles. The van der Waals surface area contributed by atoms with Crippen molar-refractivity contribution in [3.05, 3.63) is 23.3 Å². The van der Waals surface area contributed by atoms with Crippen molar-refractivity contribution in [2.75, 3.05) is 11.5 Å². The van der Waals surface area contributed by atoms with E-state index in [9.17, 15) is 0 Å². The fourth-order valence-electron chi connectivity index (χ4n) is 0.977. The Morgan fingerprint density at radius 3 is 2.46 bits per heavy atom. The van der Waals surface area contributed by atoms with Gasteiger partial charge in [-0.15, -0.1) is 0 Å². The lowest BCUT2D eigenvalue weighted by Gasteiger charge is -2.03. The van der Waals surface area contributed by atoms with Gasteiger partial charge in [0.1, 0.15) is 0 Å². The van der Waals surface area contributed by atoms with Crippen LogP contribution < -0.4 is 11.5 Å². The van der Waals surface area contributed by atoms with E-state index < -0.39 is 0 Å². The second kappa shape index (κ2) is 3.51. The predicted octanol–water partition coefficient (Wildman–Crippen LogP) is 1.03. The molecule has 0 heterocycles. The lowest BCUT2D eigenvalue weighted by Crippen LogP contribution is -1.96. The van der Waals surface area contributed by atoms with Gasteiger partial charge in [0.25, 0.3) is 0 Å². The molecule has 0 saturated heterocycles. The zero-order valence-electron chi connectivity index (χ0n) is 7.26. The number of hydrogen-bond donors (Lipinski definition) is 2. The van der Waals surface area contributed by atoms with Crippen LogP contribution in [0, 0.1) is 30.1 Å². The summed E-state index contributed by atoms with van der Waals surface area (Å²) in [7, 11) is 0. The molecular formula is C10H9N3. The highest BCUT2D eigenvalue weighted by molar-refractivity contribution is 5.68. The van der Waals surface area contributed by atoms with Crippen LogP contribution >= 0.6 is 0 Å². The van der Waals surface area contributed by atoms with E-state index in [2.05, 4.69) is 11.8 Å². The lowest BCUT2D eigenvalue weighted by molar-refractivity contribution is 1.44. The Bertz CT molecular complexity index is 430. The smallest absolute Gasteiger partial charge is 0.152 e. The van der Waals surface area contributed by atoms with Crippen LogP contribution in [-0.4, -0.2) is 0 Å². The van der Waals surface area contributed by atoms with Gasteiger partial charge in [0.2, 0.25) is 0 Å². The Morgan fingerprint density at radius 2 is 1.85 bits per heavy atom. The van der Waals surface area contributed by atoms with Gasteiger partial charge in [-0.1, -0.05) is 5.92 Å². The van der Waals surface area contributed by atoms with E-state index >= 15 is 0 Å². The number of benzene rings is 1. The van der Waals surface area contributed by atoms with E-state index in [4.69, 9.17) is 16.7 Å². The molecule has 0 aromatic heterocycles. The minimum absolute atomic E-state index is 0.493. The number of anilines is 2. The van der Waals surface area contributed by atoms with Crippen LogP contribution in [0.1, 0.15) is 11.1 Å². The van der Waals surface area contributed by atoms with E-state index in [0.29, 0.717) is 11.4 Å². The van der Waals surface area contributed by atoms with Crippen molar-refractivity contribution in [3.8, 4) is 17.9 Å². The molecule has 0 bridgehead atoms. The molecule has 0 aliphatic rings. The van der Waals surface area contributed by atoms with Crippen molar-refractivity contribution in [2.24, 2.45) is 0 Å². The van der Waals surface area contributed by atoms with E-state index in [1.807, 2.05) is 6.92 Å². The number of nitrogens with two attached hydrogens (primary N) is 2. The molecule has 0 unspecified atom stereocenters. The van der Waals surface area contributed by atoms with Gasteiger partial charge in [-0.2, -0.15) is 5.26 Å². The van der Waals surface area contributed by atoms with Crippen molar-refractivity contribution >= 4 is 11.4 Å². The zero-order valence-corrected chi connectivity index (χ0v) is 7.26. The van der Waals surface area contributed by atoms with E-state index in [1.165, 1.54) is 0 Å². The van der Waals surface area contributed by atoms with Gasteiger partial charge in [-0.25, -0.2) is 0 Å². The van der Waals surface area contributed by atoms with Crippen molar-refractivity contribution in [3.63, 3.8) is 0 Å². The number of nitrogen functional groups attached to an aromatic ring is 2. The number of aryl methyl sites for hydroxylation is 1. The molecule has 0 amide bonds. The highest BCUT2D eigenvalue weighted by Crippen LogP contribution is 2.19. The quantitative estimate of drug-likeness (QED) is 0.452. The van der Waals surface area contributed by atoms with Crippen molar-refractivity contribution in [1.29, 1.82) is 5.26 Å². The summed E-state index contributed by atoms with van der Waals surface area (Å²) in [5.74, 6) is 5.00. The van der Waals surface area contributed by atoms with Gasteiger partial charge < -0.3 is 11.5 Å². The largest absolute Gasteiger partial charge is 0.397 e. The van der Waals surface area contributed by atoms with Crippen molar-refractivity contribution < 1.29 is 0 Å². The average Bonchev–Trinajstić information content (AvgIpc) is 2.09. The van der Waals surface area contributed by atoms with E-state index in [-0.39, 0.29) is 0 Å². The molecule has 3 heteroatoms. The molecule has 1 rings (SSSR count). The Hall–Kier alpha value is -2.13. The van der Waals surface area contributed by atoms with Crippen LogP contribution in [-0.2, 0) is 0 Å². The molecule has 0 aliphatic carbocycles. The summed E-state index contributed by atoms with van der Waals surface area (Å²) in [6.07, 6.45) is 0.